The number of hydrogen-bond acceptors (Lipinski definition) is 2. The molecule has 2 rings (SSSR count). The van der Waals surface area contributed by atoms with Crippen molar-refractivity contribution < 1.29 is 4.74 Å². The minimum Gasteiger partial charge on any atom is -0.496 e. The Kier molecular flexibility index (Phi) is 4.75. The number of ether oxygens (including phenoxy) is 1. The zero-order chi connectivity index (χ0) is 13.9. The van der Waals surface area contributed by atoms with Crippen molar-refractivity contribution in [3.63, 3.8) is 0 Å². The molecule has 0 bridgehead atoms. The van der Waals surface area contributed by atoms with Gasteiger partial charge in [-0.2, -0.15) is 0 Å². The second-order valence-corrected chi connectivity index (χ2v) is 6.24. The molecule has 2 unspecified atom stereocenters. The molecule has 2 nitrogen and oxygen atoms in total. The second kappa shape index (κ2) is 6.15. The van der Waals surface area contributed by atoms with Crippen LogP contribution in [0, 0.1) is 0 Å². The van der Waals surface area contributed by atoms with Crippen LogP contribution < -0.4 is 10.1 Å². The van der Waals surface area contributed by atoms with Crippen LogP contribution in [0.15, 0.2) is 18.2 Å². The van der Waals surface area contributed by atoms with Crippen molar-refractivity contribution in [1.29, 1.82) is 0 Å². The van der Waals surface area contributed by atoms with Gasteiger partial charge in [0.05, 0.1) is 7.11 Å². The highest BCUT2D eigenvalue weighted by atomic mass is 35.5. The summed E-state index contributed by atoms with van der Waals surface area (Å²) in [6.45, 7) is 5.64. The van der Waals surface area contributed by atoms with Gasteiger partial charge in [-0.25, -0.2) is 0 Å². The van der Waals surface area contributed by atoms with Crippen molar-refractivity contribution in [2.45, 2.75) is 51.0 Å². The average Bonchev–Trinajstić information content (AvgIpc) is 2.79. The molecule has 3 heteroatoms. The zero-order valence-electron chi connectivity index (χ0n) is 12.1. The van der Waals surface area contributed by atoms with Crippen LogP contribution in [0.4, 0.5) is 0 Å². The number of hydrogen-bond donors (Lipinski definition) is 1. The summed E-state index contributed by atoms with van der Waals surface area (Å²) in [5.41, 5.74) is 1.42. The lowest BCUT2D eigenvalue weighted by Gasteiger charge is -2.27. The smallest absolute Gasteiger partial charge is 0.122 e. The third-order valence-corrected chi connectivity index (χ3v) is 4.47. The maximum Gasteiger partial charge on any atom is 0.122 e. The molecule has 0 radical (unpaired) electrons. The van der Waals surface area contributed by atoms with Gasteiger partial charge in [0.1, 0.15) is 5.75 Å². The standard InChI is InChI=1S/C16H24ClNO/c1-4-9-18-13-7-8-16(2,11-13)14-10-12(17)5-6-15(14)19-3/h5-6,10,13,18H,4,7-9,11H2,1-3H3. The number of benzene rings is 1. The van der Waals surface area contributed by atoms with Gasteiger partial charge in [0.2, 0.25) is 0 Å². The van der Waals surface area contributed by atoms with Crippen LogP contribution in [-0.2, 0) is 5.41 Å². The van der Waals surface area contributed by atoms with Crippen LogP contribution in [0.5, 0.6) is 5.75 Å². The Labute approximate surface area is 121 Å². The van der Waals surface area contributed by atoms with E-state index in [1.54, 1.807) is 7.11 Å². The fourth-order valence-corrected chi connectivity index (χ4v) is 3.33. The lowest BCUT2D eigenvalue weighted by atomic mass is 9.80. The van der Waals surface area contributed by atoms with Gasteiger partial charge in [0.15, 0.2) is 0 Å². The lowest BCUT2D eigenvalue weighted by Crippen LogP contribution is -2.29. The summed E-state index contributed by atoms with van der Waals surface area (Å²) in [4.78, 5) is 0. The maximum atomic E-state index is 6.16. The van der Waals surface area contributed by atoms with Gasteiger partial charge in [-0.3, -0.25) is 0 Å². The van der Waals surface area contributed by atoms with E-state index in [1.807, 2.05) is 12.1 Å². The first-order valence-electron chi connectivity index (χ1n) is 7.16. The summed E-state index contributed by atoms with van der Waals surface area (Å²) in [6.07, 6.45) is 4.76. The molecule has 0 aliphatic heterocycles. The van der Waals surface area contributed by atoms with Crippen LogP contribution in [0.1, 0.15) is 45.1 Å². The van der Waals surface area contributed by atoms with Crippen molar-refractivity contribution in [3.05, 3.63) is 28.8 Å². The molecule has 2 atom stereocenters. The van der Waals surface area contributed by atoms with E-state index in [9.17, 15) is 0 Å². The van der Waals surface area contributed by atoms with Crippen molar-refractivity contribution >= 4 is 11.6 Å². The summed E-state index contributed by atoms with van der Waals surface area (Å²) in [6, 6.07) is 6.57. The Hall–Kier alpha value is -0.730. The van der Waals surface area contributed by atoms with E-state index >= 15 is 0 Å². The minimum absolute atomic E-state index is 0.168. The highest BCUT2D eigenvalue weighted by Crippen LogP contribution is 2.45. The van der Waals surface area contributed by atoms with E-state index in [0.29, 0.717) is 6.04 Å². The maximum absolute atomic E-state index is 6.16. The van der Waals surface area contributed by atoms with Crippen LogP contribution in [0.2, 0.25) is 5.02 Å². The first-order valence-corrected chi connectivity index (χ1v) is 7.54. The van der Waals surface area contributed by atoms with Crippen LogP contribution in [0.25, 0.3) is 0 Å². The minimum atomic E-state index is 0.168. The van der Waals surface area contributed by atoms with Gasteiger partial charge in [-0.05, 0) is 55.8 Å². The Morgan fingerprint density at radius 3 is 2.95 bits per heavy atom. The third-order valence-electron chi connectivity index (χ3n) is 4.24. The summed E-state index contributed by atoms with van der Waals surface area (Å²) < 4.78 is 5.52. The normalized spacial score (nSPS) is 26.6. The van der Waals surface area contributed by atoms with E-state index in [1.165, 1.54) is 24.8 Å². The van der Waals surface area contributed by atoms with Crippen molar-refractivity contribution in [2.75, 3.05) is 13.7 Å². The van der Waals surface area contributed by atoms with E-state index in [0.717, 1.165) is 23.7 Å². The van der Waals surface area contributed by atoms with Gasteiger partial charge < -0.3 is 10.1 Å². The number of rotatable bonds is 5. The van der Waals surface area contributed by atoms with E-state index in [2.05, 4.69) is 25.2 Å². The molecule has 0 heterocycles. The Morgan fingerprint density at radius 2 is 2.26 bits per heavy atom. The fraction of sp³-hybridized carbons (Fsp3) is 0.625. The molecular formula is C16H24ClNO. The molecular weight excluding hydrogens is 258 g/mol. The van der Waals surface area contributed by atoms with E-state index in [-0.39, 0.29) is 5.41 Å². The molecule has 1 N–H and O–H groups in total. The number of halogens is 1. The van der Waals surface area contributed by atoms with Gasteiger partial charge >= 0.3 is 0 Å². The zero-order valence-corrected chi connectivity index (χ0v) is 12.9. The first-order chi connectivity index (χ1) is 9.09. The van der Waals surface area contributed by atoms with Gasteiger partial charge in [0.25, 0.3) is 0 Å². The van der Waals surface area contributed by atoms with E-state index in [4.69, 9.17) is 16.3 Å². The molecule has 1 aliphatic carbocycles. The SMILES string of the molecule is CCCNC1CCC(C)(c2cc(Cl)ccc2OC)C1. The highest BCUT2D eigenvalue weighted by Gasteiger charge is 2.38. The number of methoxy groups -OCH3 is 1. The Morgan fingerprint density at radius 1 is 1.47 bits per heavy atom. The third kappa shape index (κ3) is 3.24. The summed E-state index contributed by atoms with van der Waals surface area (Å²) in [7, 11) is 1.73. The lowest BCUT2D eigenvalue weighted by molar-refractivity contribution is 0.381. The van der Waals surface area contributed by atoms with Gasteiger partial charge in [-0.1, -0.05) is 25.4 Å². The fourth-order valence-electron chi connectivity index (χ4n) is 3.16. The molecule has 19 heavy (non-hydrogen) atoms. The Bertz CT molecular complexity index is 435. The molecule has 1 aromatic rings. The predicted molar refractivity (Wildman–Crippen MR) is 81.3 cm³/mol. The van der Waals surface area contributed by atoms with Crippen LogP contribution in [-0.4, -0.2) is 19.7 Å². The van der Waals surface area contributed by atoms with Crippen LogP contribution >= 0.6 is 11.6 Å². The first kappa shape index (κ1) is 14.7. The predicted octanol–water partition coefficient (Wildman–Crippen LogP) is 4.16. The molecule has 0 amide bonds. The second-order valence-electron chi connectivity index (χ2n) is 5.80. The Balaban J connectivity index is 2.19. The molecule has 0 spiro atoms. The van der Waals surface area contributed by atoms with Gasteiger partial charge in [0, 0.05) is 16.6 Å². The molecule has 0 aromatic heterocycles. The largest absolute Gasteiger partial charge is 0.496 e. The topological polar surface area (TPSA) is 21.3 Å². The van der Waals surface area contributed by atoms with Crippen molar-refractivity contribution in [3.8, 4) is 5.75 Å². The monoisotopic (exact) mass is 281 g/mol. The van der Waals surface area contributed by atoms with Crippen molar-refractivity contribution in [1.82, 2.24) is 5.32 Å². The average molecular weight is 282 g/mol. The summed E-state index contributed by atoms with van der Waals surface area (Å²) in [5, 5.41) is 4.43. The molecule has 1 fully saturated rings. The molecule has 1 saturated carbocycles. The summed E-state index contributed by atoms with van der Waals surface area (Å²) in [5.74, 6) is 0.961. The molecule has 1 aromatic carbocycles. The molecule has 0 saturated heterocycles. The van der Waals surface area contributed by atoms with Gasteiger partial charge in [-0.15, -0.1) is 0 Å². The quantitative estimate of drug-likeness (QED) is 0.875. The molecule has 106 valence electrons. The highest BCUT2D eigenvalue weighted by molar-refractivity contribution is 6.30. The number of nitrogens with one attached hydrogen (secondary N) is 1. The summed E-state index contributed by atoms with van der Waals surface area (Å²) >= 11 is 6.16. The van der Waals surface area contributed by atoms with E-state index < -0.39 is 0 Å². The molecule has 1 aliphatic rings. The van der Waals surface area contributed by atoms with Crippen molar-refractivity contribution in [2.24, 2.45) is 0 Å². The van der Waals surface area contributed by atoms with Crippen LogP contribution in [0.3, 0.4) is 0 Å².